The standard InChI is InChI=1S/C18H30N2/c1-4-11-19-13-17-12-15(2)9-10-18(17)20(3)14-16-7-5-6-8-16/h9-10,12,16,19H,4-8,11,13-14H2,1-3H3. The van der Waals surface area contributed by atoms with Crippen molar-refractivity contribution in [2.75, 3.05) is 25.0 Å². The summed E-state index contributed by atoms with van der Waals surface area (Å²) < 4.78 is 0. The van der Waals surface area contributed by atoms with Crippen LogP contribution in [0.2, 0.25) is 0 Å². The van der Waals surface area contributed by atoms with E-state index in [1.165, 1.54) is 55.5 Å². The van der Waals surface area contributed by atoms with Crippen LogP contribution in [0.1, 0.15) is 50.2 Å². The number of aryl methyl sites for hydroxylation is 1. The van der Waals surface area contributed by atoms with Crippen LogP contribution in [0.4, 0.5) is 5.69 Å². The zero-order chi connectivity index (χ0) is 14.4. The lowest BCUT2D eigenvalue weighted by Gasteiger charge is -2.26. The van der Waals surface area contributed by atoms with Gasteiger partial charge in [0, 0.05) is 25.8 Å². The van der Waals surface area contributed by atoms with Crippen molar-refractivity contribution in [1.82, 2.24) is 5.32 Å². The van der Waals surface area contributed by atoms with Gasteiger partial charge >= 0.3 is 0 Å². The molecule has 112 valence electrons. The molecule has 20 heavy (non-hydrogen) atoms. The largest absolute Gasteiger partial charge is 0.374 e. The van der Waals surface area contributed by atoms with Crippen LogP contribution in [-0.4, -0.2) is 20.1 Å². The molecule has 1 N–H and O–H groups in total. The van der Waals surface area contributed by atoms with Gasteiger partial charge in [-0.1, -0.05) is 37.5 Å². The van der Waals surface area contributed by atoms with Gasteiger partial charge in [-0.15, -0.1) is 0 Å². The van der Waals surface area contributed by atoms with E-state index < -0.39 is 0 Å². The first-order chi connectivity index (χ1) is 9.70. The third-order valence-corrected chi connectivity index (χ3v) is 4.40. The van der Waals surface area contributed by atoms with Crippen LogP contribution in [-0.2, 0) is 6.54 Å². The summed E-state index contributed by atoms with van der Waals surface area (Å²) in [5.74, 6) is 0.901. The fraction of sp³-hybridized carbons (Fsp3) is 0.667. The summed E-state index contributed by atoms with van der Waals surface area (Å²) in [6.45, 7) is 7.70. The Kier molecular flexibility index (Phi) is 5.90. The Morgan fingerprint density at radius 2 is 2.00 bits per heavy atom. The average molecular weight is 274 g/mol. The van der Waals surface area contributed by atoms with Crippen LogP contribution in [0, 0.1) is 12.8 Å². The van der Waals surface area contributed by atoms with E-state index in [1.54, 1.807) is 0 Å². The van der Waals surface area contributed by atoms with Gasteiger partial charge in [-0.2, -0.15) is 0 Å². The molecule has 1 fully saturated rings. The van der Waals surface area contributed by atoms with Gasteiger partial charge in [0.15, 0.2) is 0 Å². The maximum Gasteiger partial charge on any atom is 0.0409 e. The second kappa shape index (κ2) is 7.68. The fourth-order valence-corrected chi connectivity index (χ4v) is 3.31. The van der Waals surface area contributed by atoms with Crippen molar-refractivity contribution in [2.45, 2.75) is 52.5 Å². The molecule has 0 unspecified atom stereocenters. The van der Waals surface area contributed by atoms with Gasteiger partial charge in [0.1, 0.15) is 0 Å². The minimum atomic E-state index is 0.901. The second-order valence-corrected chi connectivity index (χ2v) is 6.34. The van der Waals surface area contributed by atoms with Gasteiger partial charge in [0.25, 0.3) is 0 Å². The van der Waals surface area contributed by atoms with Gasteiger partial charge in [0.05, 0.1) is 0 Å². The molecule has 1 aliphatic rings. The fourth-order valence-electron chi connectivity index (χ4n) is 3.31. The first-order valence-corrected chi connectivity index (χ1v) is 8.22. The van der Waals surface area contributed by atoms with Crippen molar-refractivity contribution in [3.8, 4) is 0 Å². The number of benzene rings is 1. The molecule has 0 saturated heterocycles. The smallest absolute Gasteiger partial charge is 0.0409 e. The molecular weight excluding hydrogens is 244 g/mol. The van der Waals surface area contributed by atoms with Crippen molar-refractivity contribution in [3.63, 3.8) is 0 Å². The Morgan fingerprint density at radius 3 is 2.70 bits per heavy atom. The molecule has 1 aromatic carbocycles. The molecule has 0 bridgehead atoms. The third kappa shape index (κ3) is 4.24. The van der Waals surface area contributed by atoms with Crippen molar-refractivity contribution >= 4 is 5.69 Å². The first-order valence-electron chi connectivity index (χ1n) is 8.22. The van der Waals surface area contributed by atoms with Crippen LogP contribution in [0.25, 0.3) is 0 Å². The maximum atomic E-state index is 3.54. The zero-order valence-electron chi connectivity index (χ0n) is 13.4. The molecule has 2 heteroatoms. The van der Waals surface area contributed by atoms with Crippen LogP contribution < -0.4 is 10.2 Å². The highest BCUT2D eigenvalue weighted by Crippen LogP contribution is 2.28. The Hall–Kier alpha value is -1.02. The van der Waals surface area contributed by atoms with Crippen molar-refractivity contribution in [3.05, 3.63) is 29.3 Å². The summed E-state index contributed by atoms with van der Waals surface area (Å²) in [7, 11) is 2.26. The third-order valence-electron chi connectivity index (χ3n) is 4.40. The highest BCUT2D eigenvalue weighted by Gasteiger charge is 2.18. The number of anilines is 1. The normalized spacial score (nSPS) is 15.8. The monoisotopic (exact) mass is 274 g/mol. The van der Waals surface area contributed by atoms with E-state index in [-0.39, 0.29) is 0 Å². The van der Waals surface area contributed by atoms with E-state index in [9.17, 15) is 0 Å². The number of nitrogens with zero attached hydrogens (tertiary/aromatic N) is 1. The number of nitrogens with one attached hydrogen (secondary N) is 1. The van der Waals surface area contributed by atoms with Crippen LogP contribution in [0.5, 0.6) is 0 Å². The number of hydrogen-bond acceptors (Lipinski definition) is 2. The van der Waals surface area contributed by atoms with E-state index in [4.69, 9.17) is 0 Å². The molecule has 2 nitrogen and oxygen atoms in total. The lowest BCUT2D eigenvalue weighted by molar-refractivity contribution is 0.545. The van der Waals surface area contributed by atoms with Gasteiger partial charge < -0.3 is 10.2 Å². The predicted molar refractivity (Wildman–Crippen MR) is 88.4 cm³/mol. The first kappa shape index (κ1) is 15.4. The minimum Gasteiger partial charge on any atom is -0.374 e. The van der Waals surface area contributed by atoms with Gasteiger partial charge in [-0.05, 0) is 50.3 Å². The average Bonchev–Trinajstić information content (AvgIpc) is 2.92. The minimum absolute atomic E-state index is 0.901. The molecule has 0 aromatic heterocycles. The Labute approximate surface area is 124 Å². The molecule has 1 saturated carbocycles. The summed E-state index contributed by atoms with van der Waals surface area (Å²) in [5, 5.41) is 3.54. The Morgan fingerprint density at radius 1 is 1.25 bits per heavy atom. The number of rotatable bonds is 7. The van der Waals surface area contributed by atoms with Crippen LogP contribution >= 0.6 is 0 Å². The lowest BCUT2D eigenvalue weighted by Crippen LogP contribution is -2.26. The molecule has 0 spiro atoms. The van der Waals surface area contributed by atoms with Gasteiger partial charge in [-0.25, -0.2) is 0 Å². The maximum absolute atomic E-state index is 3.54. The summed E-state index contributed by atoms with van der Waals surface area (Å²) in [6, 6.07) is 6.88. The lowest BCUT2D eigenvalue weighted by atomic mass is 10.0. The van der Waals surface area contributed by atoms with Gasteiger partial charge in [-0.3, -0.25) is 0 Å². The molecule has 0 radical (unpaired) electrons. The van der Waals surface area contributed by atoms with Crippen LogP contribution in [0.3, 0.4) is 0 Å². The second-order valence-electron chi connectivity index (χ2n) is 6.34. The molecule has 1 aromatic rings. The van der Waals surface area contributed by atoms with E-state index in [1.807, 2.05) is 0 Å². The SMILES string of the molecule is CCCNCc1cc(C)ccc1N(C)CC1CCCC1. The number of hydrogen-bond donors (Lipinski definition) is 1. The summed E-state index contributed by atoms with van der Waals surface area (Å²) in [5.41, 5.74) is 4.21. The highest BCUT2D eigenvalue weighted by molar-refractivity contribution is 5.54. The van der Waals surface area contributed by atoms with Crippen molar-refractivity contribution in [1.29, 1.82) is 0 Å². The molecule has 0 heterocycles. The summed E-state index contributed by atoms with van der Waals surface area (Å²) in [4.78, 5) is 2.47. The van der Waals surface area contributed by atoms with E-state index in [0.29, 0.717) is 0 Å². The van der Waals surface area contributed by atoms with Crippen LogP contribution in [0.15, 0.2) is 18.2 Å². The Balaban J connectivity index is 2.03. The molecule has 0 aliphatic heterocycles. The predicted octanol–water partition coefficient (Wildman–Crippen LogP) is 4.12. The topological polar surface area (TPSA) is 15.3 Å². The Bertz CT molecular complexity index is 408. The van der Waals surface area contributed by atoms with E-state index >= 15 is 0 Å². The molecule has 2 rings (SSSR count). The molecule has 1 aliphatic carbocycles. The molecular formula is C18H30N2. The van der Waals surface area contributed by atoms with Crippen molar-refractivity contribution < 1.29 is 0 Å². The van der Waals surface area contributed by atoms with Crippen molar-refractivity contribution in [2.24, 2.45) is 5.92 Å². The zero-order valence-corrected chi connectivity index (χ0v) is 13.4. The molecule has 0 amide bonds. The highest BCUT2D eigenvalue weighted by atomic mass is 15.1. The molecule has 0 atom stereocenters. The van der Waals surface area contributed by atoms with Gasteiger partial charge in [0.2, 0.25) is 0 Å². The van der Waals surface area contributed by atoms with E-state index in [2.05, 4.69) is 49.3 Å². The van der Waals surface area contributed by atoms with E-state index in [0.717, 1.165) is 19.0 Å². The summed E-state index contributed by atoms with van der Waals surface area (Å²) >= 11 is 0. The summed E-state index contributed by atoms with van der Waals surface area (Å²) in [6.07, 6.45) is 6.88. The quantitative estimate of drug-likeness (QED) is 0.752.